The number of hydrogen-bond acceptors (Lipinski definition) is 5. The molecule has 1 aliphatic rings. The number of fused-ring (bicyclic) bond motifs is 3. The minimum absolute atomic E-state index is 0.131. The van der Waals surface area contributed by atoms with Gasteiger partial charge in [0.2, 0.25) is 0 Å². The number of imidazole rings is 1. The highest BCUT2D eigenvalue weighted by Crippen LogP contribution is 2.29. The zero-order valence-electron chi connectivity index (χ0n) is 19.0. The second kappa shape index (κ2) is 9.16. The Hall–Kier alpha value is -3.69. The first-order valence-electron chi connectivity index (χ1n) is 11.6. The molecule has 1 amide bonds. The molecular weight excluding hydrogens is 457 g/mol. The van der Waals surface area contributed by atoms with Crippen LogP contribution in [0.2, 0.25) is 0 Å². The fourth-order valence-corrected chi connectivity index (χ4v) is 4.77. The van der Waals surface area contributed by atoms with Gasteiger partial charge in [-0.2, -0.15) is 13.2 Å². The van der Waals surface area contributed by atoms with Gasteiger partial charge in [0.1, 0.15) is 11.3 Å². The number of aromatic nitrogens is 4. The first-order valence-corrected chi connectivity index (χ1v) is 11.6. The maximum atomic E-state index is 13.7. The summed E-state index contributed by atoms with van der Waals surface area (Å²) in [5, 5.41) is 0. The Bertz CT molecular complexity index is 1360. The molecule has 3 aromatic heterocycles. The summed E-state index contributed by atoms with van der Waals surface area (Å²) in [6.45, 7) is 0.659. The molecule has 2 N–H and O–H groups in total. The molecule has 1 aromatic carbocycles. The molecule has 5 rings (SSSR count). The fraction of sp³-hybridized carbons (Fsp3) is 0.360. The predicted octanol–water partition coefficient (Wildman–Crippen LogP) is 5.10. The third kappa shape index (κ3) is 4.78. The van der Waals surface area contributed by atoms with Crippen molar-refractivity contribution in [2.45, 2.75) is 44.8 Å². The highest BCUT2D eigenvalue weighted by Gasteiger charge is 2.31. The van der Waals surface area contributed by atoms with Gasteiger partial charge in [-0.05, 0) is 49.1 Å². The molecule has 1 aliphatic carbocycles. The van der Waals surface area contributed by atoms with E-state index >= 15 is 0 Å². The fourth-order valence-electron chi connectivity index (χ4n) is 4.77. The molecule has 0 atom stereocenters. The van der Waals surface area contributed by atoms with Gasteiger partial charge >= 0.3 is 6.18 Å². The molecule has 0 unspecified atom stereocenters. The Morgan fingerprint density at radius 1 is 1.09 bits per heavy atom. The number of halogens is 3. The average molecular weight is 483 g/mol. The standard InChI is InChI=1S/C25H25F3N6O/c26-25(27,28)18-7-8-19(31-11-18)14-33(13-16-4-2-1-3-5-16)24(35)17-6-9-20-21(10-17)34-15-30-12-22(34)23(29)32-20/h6-12,15-16H,1-5,13-14H2,(H2,29,32). The molecule has 4 aromatic rings. The second-order valence-corrected chi connectivity index (χ2v) is 9.08. The lowest BCUT2D eigenvalue weighted by Crippen LogP contribution is -2.36. The van der Waals surface area contributed by atoms with Crippen molar-refractivity contribution in [1.29, 1.82) is 0 Å². The van der Waals surface area contributed by atoms with Crippen LogP contribution in [0.25, 0.3) is 16.6 Å². The number of carbonyl (C=O) groups is 1. The van der Waals surface area contributed by atoms with Crippen molar-refractivity contribution in [2.24, 2.45) is 5.92 Å². The summed E-state index contributed by atoms with van der Waals surface area (Å²) in [5.41, 5.74) is 8.06. The Kier molecular flexibility index (Phi) is 6.04. The van der Waals surface area contributed by atoms with Crippen molar-refractivity contribution >= 4 is 28.3 Å². The van der Waals surface area contributed by atoms with Crippen molar-refractivity contribution in [3.8, 4) is 0 Å². The maximum absolute atomic E-state index is 13.7. The van der Waals surface area contributed by atoms with Gasteiger partial charge in [-0.1, -0.05) is 19.3 Å². The Morgan fingerprint density at radius 3 is 2.60 bits per heavy atom. The summed E-state index contributed by atoms with van der Waals surface area (Å²) < 4.78 is 40.7. The number of pyridine rings is 1. The van der Waals surface area contributed by atoms with E-state index in [0.29, 0.717) is 46.1 Å². The van der Waals surface area contributed by atoms with E-state index in [1.807, 2.05) is 0 Å². The molecule has 35 heavy (non-hydrogen) atoms. The number of nitrogens with zero attached hydrogens (tertiary/aromatic N) is 5. The van der Waals surface area contributed by atoms with Crippen LogP contribution >= 0.6 is 0 Å². The molecule has 7 nitrogen and oxygen atoms in total. The maximum Gasteiger partial charge on any atom is 0.417 e. The first kappa shape index (κ1) is 23.1. The van der Waals surface area contributed by atoms with Crippen LogP contribution in [-0.4, -0.2) is 36.7 Å². The van der Waals surface area contributed by atoms with Gasteiger partial charge in [0.15, 0.2) is 0 Å². The van der Waals surface area contributed by atoms with Gasteiger partial charge in [0.05, 0.1) is 41.4 Å². The van der Waals surface area contributed by atoms with Crippen LogP contribution in [0.1, 0.15) is 53.7 Å². The summed E-state index contributed by atoms with van der Waals surface area (Å²) in [6.07, 6.45) is 5.08. The molecule has 0 aliphatic heterocycles. The minimum Gasteiger partial charge on any atom is -0.382 e. The Balaban J connectivity index is 1.47. The monoisotopic (exact) mass is 482 g/mol. The van der Waals surface area contributed by atoms with E-state index in [4.69, 9.17) is 5.73 Å². The molecule has 3 heterocycles. The molecule has 1 saturated carbocycles. The van der Waals surface area contributed by atoms with Crippen LogP contribution < -0.4 is 5.73 Å². The lowest BCUT2D eigenvalue weighted by molar-refractivity contribution is -0.137. The van der Waals surface area contributed by atoms with Gasteiger partial charge in [-0.15, -0.1) is 0 Å². The summed E-state index contributed by atoms with van der Waals surface area (Å²) >= 11 is 0. The van der Waals surface area contributed by atoms with Gasteiger partial charge in [-0.25, -0.2) is 9.97 Å². The molecule has 182 valence electrons. The minimum atomic E-state index is -4.45. The van der Waals surface area contributed by atoms with Crippen molar-refractivity contribution in [3.63, 3.8) is 0 Å². The van der Waals surface area contributed by atoms with Gasteiger partial charge in [0, 0.05) is 18.3 Å². The number of nitrogens with two attached hydrogens (primary N) is 1. The third-order valence-electron chi connectivity index (χ3n) is 6.62. The Morgan fingerprint density at radius 2 is 1.89 bits per heavy atom. The second-order valence-electron chi connectivity index (χ2n) is 9.08. The van der Waals surface area contributed by atoms with Crippen LogP contribution in [0, 0.1) is 5.92 Å². The molecule has 0 spiro atoms. The average Bonchev–Trinajstić information content (AvgIpc) is 3.35. The van der Waals surface area contributed by atoms with E-state index in [0.717, 1.165) is 37.9 Å². The summed E-state index contributed by atoms with van der Waals surface area (Å²) in [4.78, 5) is 27.9. The number of rotatable bonds is 5. The quantitative estimate of drug-likeness (QED) is 0.427. The summed E-state index contributed by atoms with van der Waals surface area (Å²) in [5.74, 6) is 0.495. The molecule has 0 saturated heterocycles. The van der Waals surface area contributed by atoms with E-state index in [1.54, 1.807) is 40.0 Å². The van der Waals surface area contributed by atoms with Crippen LogP contribution in [0.15, 0.2) is 49.1 Å². The number of benzene rings is 1. The van der Waals surface area contributed by atoms with Crippen LogP contribution in [0.3, 0.4) is 0 Å². The largest absolute Gasteiger partial charge is 0.417 e. The number of nitrogen functional groups attached to an aromatic ring is 1. The number of carbonyl (C=O) groups excluding carboxylic acids is 1. The van der Waals surface area contributed by atoms with E-state index in [1.165, 1.54) is 12.5 Å². The molecule has 1 fully saturated rings. The van der Waals surface area contributed by atoms with E-state index < -0.39 is 11.7 Å². The smallest absolute Gasteiger partial charge is 0.382 e. The Labute approximate surface area is 199 Å². The molecule has 0 bridgehead atoms. The van der Waals surface area contributed by atoms with Crippen molar-refractivity contribution in [3.05, 3.63) is 65.9 Å². The van der Waals surface area contributed by atoms with Gasteiger partial charge in [-0.3, -0.25) is 14.2 Å². The summed E-state index contributed by atoms with van der Waals surface area (Å²) in [6, 6.07) is 7.55. The molecule has 10 heteroatoms. The zero-order chi connectivity index (χ0) is 24.6. The number of hydrogen-bond donors (Lipinski definition) is 1. The van der Waals surface area contributed by atoms with E-state index in [9.17, 15) is 18.0 Å². The first-order chi connectivity index (χ1) is 16.8. The van der Waals surface area contributed by atoms with Crippen molar-refractivity contribution in [2.75, 3.05) is 12.3 Å². The number of alkyl halides is 3. The summed E-state index contributed by atoms with van der Waals surface area (Å²) in [7, 11) is 0. The predicted molar refractivity (Wildman–Crippen MR) is 125 cm³/mol. The lowest BCUT2D eigenvalue weighted by Gasteiger charge is -2.30. The van der Waals surface area contributed by atoms with Gasteiger partial charge < -0.3 is 10.6 Å². The lowest BCUT2D eigenvalue weighted by atomic mass is 9.88. The van der Waals surface area contributed by atoms with E-state index in [2.05, 4.69) is 15.0 Å². The highest BCUT2D eigenvalue weighted by molar-refractivity contribution is 5.98. The van der Waals surface area contributed by atoms with E-state index in [-0.39, 0.29) is 12.5 Å². The van der Waals surface area contributed by atoms with Crippen molar-refractivity contribution < 1.29 is 18.0 Å². The van der Waals surface area contributed by atoms with Gasteiger partial charge in [0.25, 0.3) is 5.91 Å². The van der Waals surface area contributed by atoms with Crippen LogP contribution in [-0.2, 0) is 12.7 Å². The third-order valence-corrected chi connectivity index (χ3v) is 6.62. The number of amides is 1. The highest BCUT2D eigenvalue weighted by atomic mass is 19.4. The molecular formula is C25H25F3N6O. The SMILES string of the molecule is Nc1nc2ccc(C(=O)N(Cc3ccc(C(F)(F)F)cn3)CC3CCCCC3)cc2n2cncc12. The van der Waals surface area contributed by atoms with Crippen molar-refractivity contribution in [1.82, 2.24) is 24.3 Å². The van der Waals surface area contributed by atoms with Crippen LogP contribution in [0.4, 0.5) is 19.0 Å². The topological polar surface area (TPSA) is 89.4 Å². The molecule has 0 radical (unpaired) electrons. The zero-order valence-corrected chi connectivity index (χ0v) is 19.0. The van der Waals surface area contributed by atoms with Crippen LogP contribution in [0.5, 0.6) is 0 Å². The normalized spacial score (nSPS) is 15.1. The number of anilines is 1.